The van der Waals surface area contributed by atoms with Crippen molar-refractivity contribution in [2.75, 3.05) is 26.4 Å². The van der Waals surface area contributed by atoms with Gasteiger partial charge in [-0.1, -0.05) is 12.1 Å². The second kappa shape index (κ2) is 9.15. The fraction of sp³-hybridized carbons (Fsp3) is 0.750. The van der Waals surface area contributed by atoms with Gasteiger partial charge in [-0.3, -0.25) is 0 Å². The highest BCUT2D eigenvalue weighted by molar-refractivity contribution is 5.04. The van der Waals surface area contributed by atoms with E-state index in [0.717, 1.165) is 37.6 Å². The molecular formula is C12H22N2O3. The molecule has 0 amide bonds. The van der Waals surface area contributed by atoms with Crippen LogP contribution < -0.4 is 5.32 Å². The normalized spacial score (nSPS) is 10.9. The number of rotatable bonds is 10. The molecule has 0 unspecified atom stereocenters. The average molecular weight is 242 g/mol. The highest BCUT2D eigenvalue weighted by Gasteiger charge is 2.03. The van der Waals surface area contributed by atoms with Crippen LogP contribution in [0.3, 0.4) is 0 Å². The van der Waals surface area contributed by atoms with E-state index in [1.54, 1.807) is 0 Å². The van der Waals surface area contributed by atoms with Gasteiger partial charge in [0.05, 0.1) is 18.9 Å². The molecule has 98 valence electrons. The van der Waals surface area contributed by atoms with Gasteiger partial charge in [-0.2, -0.15) is 0 Å². The van der Waals surface area contributed by atoms with Crippen molar-refractivity contribution < 1.29 is 14.0 Å². The molecule has 0 aliphatic rings. The fourth-order valence-corrected chi connectivity index (χ4v) is 1.34. The Labute approximate surface area is 102 Å². The topological polar surface area (TPSA) is 56.5 Å². The van der Waals surface area contributed by atoms with E-state index >= 15 is 0 Å². The second-order valence-electron chi connectivity index (χ2n) is 3.71. The Morgan fingerprint density at radius 2 is 2.12 bits per heavy atom. The van der Waals surface area contributed by atoms with E-state index in [9.17, 15) is 0 Å². The van der Waals surface area contributed by atoms with E-state index in [-0.39, 0.29) is 0 Å². The number of ether oxygens (including phenoxy) is 2. The van der Waals surface area contributed by atoms with E-state index in [2.05, 4.69) is 17.4 Å². The first-order chi connectivity index (χ1) is 8.36. The number of nitrogens with zero attached hydrogens (tertiary/aromatic N) is 1. The first-order valence-electron chi connectivity index (χ1n) is 6.17. The van der Waals surface area contributed by atoms with E-state index in [4.69, 9.17) is 14.0 Å². The molecule has 1 aromatic rings. The van der Waals surface area contributed by atoms with Crippen LogP contribution >= 0.6 is 0 Å². The molecule has 0 aliphatic carbocycles. The lowest BCUT2D eigenvalue weighted by Gasteiger charge is -2.01. The van der Waals surface area contributed by atoms with E-state index in [0.29, 0.717) is 19.8 Å². The zero-order valence-corrected chi connectivity index (χ0v) is 10.7. The third-order valence-corrected chi connectivity index (χ3v) is 2.16. The first kappa shape index (κ1) is 14.2. The lowest BCUT2D eigenvalue weighted by atomic mass is 10.3. The molecule has 0 bridgehead atoms. The molecule has 0 spiro atoms. The lowest BCUT2D eigenvalue weighted by molar-refractivity contribution is 0.0372. The maximum absolute atomic E-state index is 5.38. The van der Waals surface area contributed by atoms with Gasteiger partial charge in [-0.25, -0.2) is 0 Å². The van der Waals surface area contributed by atoms with Crippen LogP contribution in [0.4, 0.5) is 0 Å². The third-order valence-electron chi connectivity index (χ3n) is 2.16. The summed E-state index contributed by atoms with van der Waals surface area (Å²) < 4.78 is 15.7. The molecule has 0 saturated carbocycles. The minimum Gasteiger partial charge on any atom is -0.379 e. The molecule has 1 rings (SSSR count). The highest BCUT2D eigenvalue weighted by atomic mass is 16.5. The molecule has 0 saturated heterocycles. The van der Waals surface area contributed by atoms with Crippen LogP contribution in [0.5, 0.6) is 0 Å². The zero-order chi connectivity index (χ0) is 12.3. The largest absolute Gasteiger partial charge is 0.379 e. The molecule has 1 aromatic heterocycles. The van der Waals surface area contributed by atoms with E-state index in [1.807, 2.05) is 13.0 Å². The van der Waals surface area contributed by atoms with Gasteiger partial charge in [-0.05, 0) is 19.9 Å². The minimum atomic E-state index is 0.452. The molecule has 5 nitrogen and oxygen atoms in total. The molecule has 17 heavy (non-hydrogen) atoms. The summed E-state index contributed by atoms with van der Waals surface area (Å²) in [7, 11) is 0. The summed E-state index contributed by atoms with van der Waals surface area (Å²) in [5.74, 6) is 0.759. The molecule has 5 heteroatoms. The van der Waals surface area contributed by atoms with Gasteiger partial charge in [-0.15, -0.1) is 0 Å². The van der Waals surface area contributed by atoms with Crippen molar-refractivity contribution in [1.29, 1.82) is 0 Å². The first-order valence-corrected chi connectivity index (χ1v) is 6.17. The Bertz CT molecular complexity index is 289. The summed E-state index contributed by atoms with van der Waals surface area (Å²) in [6.45, 7) is 8.21. The van der Waals surface area contributed by atoms with Gasteiger partial charge in [0.2, 0.25) is 0 Å². The van der Waals surface area contributed by atoms with Crippen molar-refractivity contribution in [3.05, 3.63) is 17.5 Å². The molecule has 1 heterocycles. The number of hydrogen-bond acceptors (Lipinski definition) is 5. The molecule has 0 fully saturated rings. The lowest BCUT2D eigenvalue weighted by Crippen LogP contribution is -2.13. The van der Waals surface area contributed by atoms with E-state index < -0.39 is 0 Å². The van der Waals surface area contributed by atoms with Gasteiger partial charge in [0.1, 0.15) is 6.61 Å². The molecular weight excluding hydrogens is 220 g/mol. The van der Waals surface area contributed by atoms with Crippen molar-refractivity contribution in [2.24, 2.45) is 0 Å². The SMILES string of the molecule is CCCNCc1cc(COCCOCC)on1. The van der Waals surface area contributed by atoms with Crippen molar-refractivity contribution in [3.8, 4) is 0 Å². The van der Waals surface area contributed by atoms with Crippen LogP contribution in [-0.2, 0) is 22.6 Å². The van der Waals surface area contributed by atoms with Crippen LogP contribution in [0.1, 0.15) is 31.7 Å². The third kappa shape index (κ3) is 6.41. The molecule has 0 radical (unpaired) electrons. The van der Waals surface area contributed by atoms with Crippen LogP contribution in [0.15, 0.2) is 10.6 Å². The highest BCUT2D eigenvalue weighted by Crippen LogP contribution is 2.04. The van der Waals surface area contributed by atoms with Crippen LogP contribution in [0.25, 0.3) is 0 Å². The second-order valence-corrected chi connectivity index (χ2v) is 3.71. The number of nitrogens with one attached hydrogen (secondary N) is 1. The quantitative estimate of drug-likeness (QED) is 0.633. The number of hydrogen-bond donors (Lipinski definition) is 1. The van der Waals surface area contributed by atoms with Gasteiger partial charge in [0.15, 0.2) is 5.76 Å². The predicted octanol–water partition coefficient (Wildman–Crippen LogP) is 1.73. The van der Waals surface area contributed by atoms with Crippen molar-refractivity contribution in [2.45, 2.75) is 33.4 Å². The van der Waals surface area contributed by atoms with Gasteiger partial charge < -0.3 is 19.3 Å². The standard InChI is InChI=1S/C12H22N2O3/c1-3-5-13-9-11-8-12(17-14-11)10-16-7-6-15-4-2/h8,13H,3-7,9-10H2,1-2H3. The van der Waals surface area contributed by atoms with Gasteiger partial charge >= 0.3 is 0 Å². The smallest absolute Gasteiger partial charge is 0.162 e. The van der Waals surface area contributed by atoms with Crippen LogP contribution in [-0.4, -0.2) is 31.5 Å². The maximum atomic E-state index is 5.38. The minimum absolute atomic E-state index is 0.452. The molecule has 1 N–H and O–H groups in total. The van der Waals surface area contributed by atoms with E-state index in [1.165, 1.54) is 0 Å². The summed E-state index contributed by atoms with van der Waals surface area (Å²) in [6.07, 6.45) is 1.12. The average Bonchev–Trinajstić information content (AvgIpc) is 2.77. The Balaban J connectivity index is 2.12. The summed E-state index contributed by atoms with van der Waals surface area (Å²) in [4.78, 5) is 0. The summed E-state index contributed by atoms with van der Waals surface area (Å²) in [5, 5.41) is 7.22. The summed E-state index contributed by atoms with van der Waals surface area (Å²) in [6, 6.07) is 1.92. The zero-order valence-electron chi connectivity index (χ0n) is 10.7. The molecule has 0 atom stereocenters. The fourth-order valence-electron chi connectivity index (χ4n) is 1.34. The van der Waals surface area contributed by atoms with Gasteiger partial charge in [0, 0.05) is 19.2 Å². The Morgan fingerprint density at radius 3 is 2.88 bits per heavy atom. The van der Waals surface area contributed by atoms with Gasteiger partial charge in [0.25, 0.3) is 0 Å². The summed E-state index contributed by atoms with van der Waals surface area (Å²) >= 11 is 0. The monoisotopic (exact) mass is 242 g/mol. The van der Waals surface area contributed by atoms with Crippen LogP contribution in [0, 0.1) is 0 Å². The Hall–Kier alpha value is -0.910. The maximum Gasteiger partial charge on any atom is 0.162 e. The summed E-state index contributed by atoms with van der Waals surface area (Å²) in [5.41, 5.74) is 0.918. The Kier molecular flexibility index (Phi) is 7.62. The van der Waals surface area contributed by atoms with Crippen molar-refractivity contribution in [1.82, 2.24) is 10.5 Å². The number of aromatic nitrogens is 1. The van der Waals surface area contributed by atoms with Crippen LogP contribution in [0.2, 0.25) is 0 Å². The van der Waals surface area contributed by atoms with Crippen molar-refractivity contribution >= 4 is 0 Å². The molecule has 0 aromatic carbocycles. The predicted molar refractivity (Wildman–Crippen MR) is 64.6 cm³/mol. The molecule has 0 aliphatic heterocycles. The Morgan fingerprint density at radius 1 is 1.29 bits per heavy atom. The van der Waals surface area contributed by atoms with Crippen molar-refractivity contribution in [3.63, 3.8) is 0 Å².